The second kappa shape index (κ2) is 4.67. The number of anilines is 1. The van der Waals surface area contributed by atoms with Crippen molar-refractivity contribution in [3.63, 3.8) is 0 Å². The molecule has 17 heavy (non-hydrogen) atoms. The minimum absolute atomic E-state index is 0.211. The predicted octanol–water partition coefficient (Wildman–Crippen LogP) is 3.76. The van der Waals surface area contributed by atoms with Crippen LogP contribution in [0.3, 0.4) is 0 Å². The molecular formula is C13H12FNOS. The molecule has 2 aromatic rings. The number of carbonyl (C=O) groups excluding carboxylic acids is 1. The van der Waals surface area contributed by atoms with Crippen LogP contribution in [0.15, 0.2) is 30.3 Å². The van der Waals surface area contributed by atoms with E-state index in [2.05, 4.69) is 5.32 Å². The van der Waals surface area contributed by atoms with E-state index in [-0.39, 0.29) is 11.6 Å². The summed E-state index contributed by atoms with van der Waals surface area (Å²) in [6.45, 7) is 3.82. The molecule has 2 nitrogen and oxygen atoms in total. The van der Waals surface area contributed by atoms with Gasteiger partial charge in [-0.05, 0) is 37.6 Å². The normalized spacial score (nSPS) is 10.3. The van der Waals surface area contributed by atoms with Crippen molar-refractivity contribution in [2.45, 2.75) is 13.8 Å². The fourth-order valence-corrected chi connectivity index (χ4v) is 2.53. The lowest BCUT2D eigenvalue weighted by Crippen LogP contribution is -2.12. The smallest absolute Gasteiger partial charge is 0.266 e. The number of nitrogens with one attached hydrogen (secondary N) is 1. The van der Waals surface area contributed by atoms with Gasteiger partial charge in [-0.3, -0.25) is 4.79 Å². The van der Waals surface area contributed by atoms with Crippen LogP contribution in [0.4, 0.5) is 10.1 Å². The third-order valence-electron chi connectivity index (χ3n) is 2.37. The first kappa shape index (κ1) is 11.8. The van der Waals surface area contributed by atoms with Gasteiger partial charge in [0.05, 0.1) is 10.6 Å². The second-order valence-corrected chi connectivity index (χ2v) is 5.06. The molecule has 0 spiro atoms. The van der Waals surface area contributed by atoms with Gasteiger partial charge in [0.15, 0.2) is 0 Å². The number of para-hydroxylation sites is 1. The lowest BCUT2D eigenvalue weighted by Gasteiger charge is -2.05. The average Bonchev–Trinajstić information content (AvgIpc) is 2.61. The Kier molecular flexibility index (Phi) is 3.24. The Morgan fingerprint density at radius 2 is 2.00 bits per heavy atom. The zero-order valence-corrected chi connectivity index (χ0v) is 10.4. The fourth-order valence-electron chi connectivity index (χ4n) is 1.61. The van der Waals surface area contributed by atoms with Gasteiger partial charge < -0.3 is 5.32 Å². The highest BCUT2D eigenvalue weighted by Crippen LogP contribution is 2.22. The van der Waals surface area contributed by atoms with Crippen LogP contribution in [0.2, 0.25) is 0 Å². The zero-order chi connectivity index (χ0) is 12.4. The zero-order valence-electron chi connectivity index (χ0n) is 9.58. The minimum atomic E-state index is -0.424. The molecule has 1 heterocycles. The number of thiophene rings is 1. The van der Waals surface area contributed by atoms with Crippen LogP contribution in [0.1, 0.15) is 20.1 Å². The van der Waals surface area contributed by atoms with Crippen molar-refractivity contribution >= 4 is 22.9 Å². The minimum Gasteiger partial charge on any atom is -0.319 e. The molecule has 0 aliphatic heterocycles. The molecular weight excluding hydrogens is 237 g/mol. The number of hydrogen-bond acceptors (Lipinski definition) is 2. The molecule has 0 saturated carbocycles. The van der Waals surface area contributed by atoms with E-state index < -0.39 is 5.82 Å². The molecule has 0 fully saturated rings. The van der Waals surface area contributed by atoms with E-state index in [1.807, 2.05) is 19.9 Å². The highest BCUT2D eigenvalue weighted by Gasteiger charge is 2.13. The molecule has 1 amide bonds. The summed E-state index contributed by atoms with van der Waals surface area (Å²) in [6.07, 6.45) is 0. The average molecular weight is 249 g/mol. The maximum atomic E-state index is 13.4. The summed E-state index contributed by atoms with van der Waals surface area (Å²) in [4.78, 5) is 13.6. The lowest BCUT2D eigenvalue weighted by atomic mass is 10.2. The molecule has 1 N–H and O–H groups in total. The van der Waals surface area contributed by atoms with Gasteiger partial charge in [-0.25, -0.2) is 4.39 Å². The molecule has 0 bridgehead atoms. The number of rotatable bonds is 2. The van der Waals surface area contributed by atoms with Gasteiger partial charge in [0, 0.05) is 4.88 Å². The number of halogens is 1. The van der Waals surface area contributed by atoms with E-state index in [0.717, 1.165) is 10.4 Å². The number of carbonyl (C=O) groups is 1. The Morgan fingerprint density at radius 1 is 1.29 bits per heavy atom. The fraction of sp³-hybridized carbons (Fsp3) is 0.154. The molecule has 0 saturated heterocycles. The molecule has 4 heteroatoms. The molecule has 1 aromatic carbocycles. The largest absolute Gasteiger partial charge is 0.319 e. The molecule has 0 aliphatic carbocycles. The second-order valence-electron chi connectivity index (χ2n) is 3.80. The SMILES string of the molecule is Cc1cc(C)c(C(=O)Nc2ccccc2F)s1. The van der Waals surface area contributed by atoms with Crippen LogP contribution >= 0.6 is 11.3 Å². The molecule has 1 aromatic heterocycles. The highest BCUT2D eigenvalue weighted by atomic mass is 32.1. The summed E-state index contributed by atoms with van der Waals surface area (Å²) in [6, 6.07) is 8.09. The van der Waals surface area contributed by atoms with E-state index in [0.29, 0.717) is 4.88 Å². The first-order chi connectivity index (χ1) is 8.08. The molecule has 2 rings (SSSR count). The van der Waals surface area contributed by atoms with E-state index in [1.54, 1.807) is 18.2 Å². The van der Waals surface area contributed by atoms with Crippen LogP contribution in [-0.4, -0.2) is 5.91 Å². The summed E-state index contributed by atoms with van der Waals surface area (Å²) in [5, 5.41) is 2.58. The number of amides is 1. The van der Waals surface area contributed by atoms with Gasteiger partial charge in [-0.1, -0.05) is 12.1 Å². The van der Waals surface area contributed by atoms with E-state index in [4.69, 9.17) is 0 Å². The number of aryl methyl sites for hydroxylation is 2. The van der Waals surface area contributed by atoms with Crippen molar-refractivity contribution < 1.29 is 9.18 Å². The summed E-state index contributed by atoms with van der Waals surface area (Å²) in [7, 11) is 0. The van der Waals surface area contributed by atoms with Crippen LogP contribution in [0.25, 0.3) is 0 Å². The molecule has 0 atom stereocenters. The van der Waals surface area contributed by atoms with Crippen molar-refractivity contribution in [3.05, 3.63) is 51.5 Å². The standard InChI is InChI=1S/C13H12FNOS/c1-8-7-9(2)17-12(8)13(16)15-11-6-4-3-5-10(11)14/h3-7H,1-2H3,(H,15,16). The molecule has 0 radical (unpaired) electrons. The first-order valence-corrected chi connectivity index (χ1v) is 6.02. The Labute approximate surface area is 103 Å². The van der Waals surface area contributed by atoms with Gasteiger partial charge in [-0.2, -0.15) is 0 Å². The molecule has 88 valence electrons. The Hall–Kier alpha value is -1.68. The monoisotopic (exact) mass is 249 g/mol. The Morgan fingerprint density at radius 3 is 2.59 bits per heavy atom. The van der Waals surface area contributed by atoms with Gasteiger partial charge in [-0.15, -0.1) is 11.3 Å². The van der Waals surface area contributed by atoms with Crippen molar-refractivity contribution in [1.29, 1.82) is 0 Å². The van der Waals surface area contributed by atoms with Crippen molar-refractivity contribution in [3.8, 4) is 0 Å². The quantitative estimate of drug-likeness (QED) is 0.862. The third kappa shape index (κ3) is 2.53. The lowest BCUT2D eigenvalue weighted by molar-refractivity contribution is 0.102. The predicted molar refractivity (Wildman–Crippen MR) is 68.1 cm³/mol. The van der Waals surface area contributed by atoms with Crippen LogP contribution in [0.5, 0.6) is 0 Å². The van der Waals surface area contributed by atoms with E-state index >= 15 is 0 Å². The highest BCUT2D eigenvalue weighted by molar-refractivity contribution is 7.14. The van der Waals surface area contributed by atoms with Crippen molar-refractivity contribution in [2.75, 3.05) is 5.32 Å². The summed E-state index contributed by atoms with van der Waals surface area (Å²) in [5.41, 5.74) is 1.13. The van der Waals surface area contributed by atoms with Crippen molar-refractivity contribution in [1.82, 2.24) is 0 Å². The maximum Gasteiger partial charge on any atom is 0.266 e. The van der Waals surface area contributed by atoms with Gasteiger partial charge >= 0.3 is 0 Å². The number of benzene rings is 1. The van der Waals surface area contributed by atoms with Gasteiger partial charge in [0.1, 0.15) is 5.82 Å². The third-order valence-corrected chi connectivity index (χ3v) is 3.52. The van der Waals surface area contributed by atoms with E-state index in [1.165, 1.54) is 17.4 Å². The van der Waals surface area contributed by atoms with Crippen molar-refractivity contribution in [2.24, 2.45) is 0 Å². The Bertz CT molecular complexity index is 562. The van der Waals surface area contributed by atoms with Gasteiger partial charge in [0.2, 0.25) is 0 Å². The molecule has 0 aliphatic rings. The summed E-state index contributed by atoms with van der Waals surface area (Å²) < 4.78 is 13.4. The van der Waals surface area contributed by atoms with E-state index in [9.17, 15) is 9.18 Å². The van der Waals surface area contributed by atoms with Crippen LogP contribution in [0, 0.1) is 19.7 Å². The summed E-state index contributed by atoms with van der Waals surface area (Å²) in [5.74, 6) is -0.683. The maximum absolute atomic E-state index is 13.4. The van der Waals surface area contributed by atoms with Crippen LogP contribution in [-0.2, 0) is 0 Å². The first-order valence-electron chi connectivity index (χ1n) is 5.21. The summed E-state index contributed by atoms with van der Waals surface area (Å²) >= 11 is 1.41. The van der Waals surface area contributed by atoms with Gasteiger partial charge in [0.25, 0.3) is 5.91 Å². The number of hydrogen-bond donors (Lipinski definition) is 1. The molecule has 0 unspecified atom stereocenters. The Balaban J connectivity index is 2.23. The topological polar surface area (TPSA) is 29.1 Å². The van der Waals surface area contributed by atoms with Crippen LogP contribution < -0.4 is 5.32 Å².